The maximum atomic E-state index is 11.6. The summed E-state index contributed by atoms with van der Waals surface area (Å²) < 4.78 is 4.79. The van der Waals surface area contributed by atoms with Gasteiger partial charge in [0.2, 0.25) is 0 Å². The number of methoxy groups -OCH3 is 1. The van der Waals surface area contributed by atoms with Gasteiger partial charge in [-0.1, -0.05) is 0 Å². The molecular formula is C10H20N2O4. The Kier molecular flexibility index (Phi) is 7.28. The molecule has 0 aromatic rings. The highest BCUT2D eigenvalue weighted by Crippen LogP contribution is 1.96. The monoisotopic (exact) mass is 232 g/mol. The summed E-state index contributed by atoms with van der Waals surface area (Å²) in [5.41, 5.74) is 0. The topological polar surface area (TPSA) is 78.9 Å². The van der Waals surface area contributed by atoms with Crippen LogP contribution >= 0.6 is 0 Å². The maximum Gasteiger partial charge on any atom is 0.326 e. The fraction of sp³-hybridized carbons (Fsp3) is 0.800. The average molecular weight is 232 g/mol. The van der Waals surface area contributed by atoms with Gasteiger partial charge in [0.15, 0.2) is 0 Å². The second-order valence-electron chi connectivity index (χ2n) is 3.29. The zero-order valence-corrected chi connectivity index (χ0v) is 10.0. The molecule has 0 aliphatic heterocycles. The molecule has 94 valence electrons. The Morgan fingerprint density at radius 3 is 2.31 bits per heavy atom. The Bertz CT molecular complexity index is 229. The number of carboxylic acid groups (broad SMARTS) is 1. The second-order valence-corrected chi connectivity index (χ2v) is 3.29. The van der Waals surface area contributed by atoms with E-state index in [2.05, 4.69) is 5.32 Å². The normalized spacial score (nSPS) is 11.9. The van der Waals surface area contributed by atoms with Crippen LogP contribution < -0.4 is 5.32 Å². The molecule has 1 atom stereocenters. The van der Waals surface area contributed by atoms with Crippen molar-refractivity contribution in [2.45, 2.75) is 26.3 Å². The van der Waals surface area contributed by atoms with Crippen molar-refractivity contribution in [1.29, 1.82) is 0 Å². The fourth-order valence-corrected chi connectivity index (χ4v) is 1.24. The molecule has 1 unspecified atom stereocenters. The highest BCUT2D eigenvalue weighted by Gasteiger charge is 2.21. The summed E-state index contributed by atoms with van der Waals surface area (Å²) in [6.07, 6.45) is 0.263. The summed E-state index contributed by atoms with van der Waals surface area (Å²) >= 11 is 0. The van der Waals surface area contributed by atoms with Crippen LogP contribution in [0.2, 0.25) is 0 Å². The smallest absolute Gasteiger partial charge is 0.326 e. The van der Waals surface area contributed by atoms with Crippen molar-refractivity contribution in [2.24, 2.45) is 0 Å². The first-order valence-electron chi connectivity index (χ1n) is 5.33. The second kappa shape index (κ2) is 7.92. The molecule has 0 saturated heterocycles. The SMILES string of the molecule is CCN(CC)C(=O)NC(CCOC)C(=O)O. The first-order valence-corrected chi connectivity index (χ1v) is 5.33. The highest BCUT2D eigenvalue weighted by molar-refractivity contribution is 5.82. The minimum absolute atomic E-state index is 0.263. The molecule has 6 nitrogen and oxygen atoms in total. The van der Waals surface area contributed by atoms with Crippen molar-refractivity contribution in [3.05, 3.63) is 0 Å². The number of carbonyl (C=O) groups excluding carboxylic acids is 1. The molecule has 0 aliphatic rings. The summed E-state index contributed by atoms with van der Waals surface area (Å²) in [7, 11) is 1.49. The lowest BCUT2D eigenvalue weighted by Gasteiger charge is -2.22. The standard InChI is InChI=1S/C10H20N2O4/c1-4-12(5-2)10(15)11-8(9(13)14)6-7-16-3/h8H,4-7H2,1-3H3,(H,11,15)(H,13,14). The predicted octanol–water partition coefficient (Wildman–Crippen LogP) is 0.527. The van der Waals surface area contributed by atoms with Crippen LogP contribution in [0.1, 0.15) is 20.3 Å². The number of aliphatic carboxylic acids is 1. The number of carbonyl (C=O) groups is 2. The van der Waals surface area contributed by atoms with Crippen molar-refractivity contribution >= 4 is 12.0 Å². The van der Waals surface area contributed by atoms with Gasteiger partial charge in [-0.15, -0.1) is 0 Å². The van der Waals surface area contributed by atoms with E-state index >= 15 is 0 Å². The molecule has 0 aromatic heterocycles. The third-order valence-corrected chi connectivity index (χ3v) is 2.26. The number of nitrogens with one attached hydrogen (secondary N) is 1. The molecule has 0 bridgehead atoms. The van der Waals surface area contributed by atoms with Crippen LogP contribution in [0.4, 0.5) is 4.79 Å². The van der Waals surface area contributed by atoms with Gasteiger partial charge in [-0.25, -0.2) is 9.59 Å². The average Bonchev–Trinajstić information content (AvgIpc) is 2.25. The van der Waals surface area contributed by atoms with E-state index in [1.165, 1.54) is 12.0 Å². The summed E-state index contributed by atoms with van der Waals surface area (Å²) in [6, 6.07) is -1.25. The summed E-state index contributed by atoms with van der Waals surface area (Å²) in [4.78, 5) is 24.0. The molecule has 0 radical (unpaired) electrons. The molecule has 6 heteroatoms. The van der Waals surface area contributed by atoms with E-state index in [-0.39, 0.29) is 12.5 Å². The first kappa shape index (κ1) is 14.7. The van der Waals surface area contributed by atoms with Gasteiger partial charge in [-0.3, -0.25) is 0 Å². The van der Waals surface area contributed by atoms with Crippen LogP contribution in [-0.4, -0.2) is 54.9 Å². The van der Waals surface area contributed by atoms with Gasteiger partial charge >= 0.3 is 12.0 Å². The van der Waals surface area contributed by atoms with E-state index in [0.717, 1.165) is 0 Å². The Morgan fingerprint density at radius 2 is 1.94 bits per heavy atom. The van der Waals surface area contributed by atoms with Gasteiger partial charge < -0.3 is 20.1 Å². The largest absolute Gasteiger partial charge is 0.480 e. The lowest BCUT2D eigenvalue weighted by molar-refractivity contribution is -0.139. The molecular weight excluding hydrogens is 212 g/mol. The summed E-state index contributed by atoms with van der Waals surface area (Å²) in [5.74, 6) is -1.04. The minimum atomic E-state index is -1.04. The number of rotatable bonds is 7. The van der Waals surface area contributed by atoms with E-state index in [9.17, 15) is 9.59 Å². The Balaban J connectivity index is 4.27. The van der Waals surface area contributed by atoms with Crippen LogP contribution in [0.5, 0.6) is 0 Å². The quantitative estimate of drug-likeness (QED) is 0.671. The van der Waals surface area contributed by atoms with E-state index in [4.69, 9.17) is 9.84 Å². The molecule has 0 spiro atoms. The van der Waals surface area contributed by atoms with E-state index in [1.807, 2.05) is 13.8 Å². The molecule has 0 heterocycles. The molecule has 2 N–H and O–H groups in total. The van der Waals surface area contributed by atoms with Crippen LogP contribution in [-0.2, 0) is 9.53 Å². The zero-order chi connectivity index (χ0) is 12.6. The van der Waals surface area contributed by atoms with E-state index < -0.39 is 12.0 Å². The number of hydrogen-bond donors (Lipinski definition) is 2. The fourth-order valence-electron chi connectivity index (χ4n) is 1.24. The molecule has 0 fully saturated rings. The van der Waals surface area contributed by atoms with Gasteiger partial charge in [0.25, 0.3) is 0 Å². The number of urea groups is 1. The maximum absolute atomic E-state index is 11.6. The van der Waals surface area contributed by atoms with Gasteiger partial charge in [0.05, 0.1) is 0 Å². The number of carboxylic acids is 1. The van der Waals surface area contributed by atoms with Gasteiger partial charge in [0, 0.05) is 33.2 Å². The molecule has 0 saturated carbocycles. The van der Waals surface area contributed by atoms with E-state index in [0.29, 0.717) is 19.7 Å². The van der Waals surface area contributed by atoms with Crippen LogP contribution in [0.3, 0.4) is 0 Å². The molecule has 0 aromatic carbocycles. The molecule has 0 aliphatic carbocycles. The zero-order valence-electron chi connectivity index (χ0n) is 10.0. The molecule has 2 amide bonds. The number of nitrogens with zero attached hydrogens (tertiary/aromatic N) is 1. The Morgan fingerprint density at radius 1 is 1.38 bits per heavy atom. The van der Waals surface area contributed by atoms with Crippen molar-refractivity contribution in [2.75, 3.05) is 26.8 Å². The van der Waals surface area contributed by atoms with Gasteiger partial charge in [-0.05, 0) is 13.8 Å². The van der Waals surface area contributed by atoms with Crippen LogP contribution in [0, 0.1) is 0 Å². The third kappa shape index (κ3) is 4.97. The first-order chi connectivity index (χ1) is 7.56. The van der Waals surface area contributed by atoms with Crippen molar-refractivity contribution in [1.82, 2.24) is 10.2 Å². The van der Waals surface area contributed by atoms with Gasteiger partial charge in [-0.2, -0.15) is 0 Å². The lowest BCUT2D eigenvalue weighted by atomic mass is 10.2. The number of ether oxygens (including phenoxy) is 1. The Hall–Kier alpha value is -1.30. The lowest BCUT2D eigenvalue weighted by Crippen LogP contribution is -2.48. The number of amides is 2. The van der Waals surface area contributed by atoms with Crippen molar-refractivity contribution in [3.63, 3.8) is 0 Å². The number of hydrogen-bond acceptors (Lipinski definition) is 3. The van der Waals surface area contributed by atoms with E-state index in [1.54, 1.807) is 0 Å². The minimum Gasteiger partial charge on any atom is -0.480 e. The van der Waals surface area contributed by atoms with Gasteiger partial charge in [0.1, 0.15) is 6.04 Å². The Labute approximate surface area is 95.6 Å². The molecule has 16 heavy (non-hydrogen) atoms. The summed E-state index contributed by atoms with van der Waals surface area (Å²) in [5, 5.41) is 11.3. The summed E-state index contributed by atoms with van der Waals surface area (Å²) in [6.45, 7) is 5.09. The van der Waals surface area contributed by atoms with Crippen LogP contribution in [0.25, 0.3) is 0 Å². The molecule has 0 rings (SSSR count). The van der Waals surface area contributed by atoms with Crippen molar-refractivity contribution in [3.8, 4) is 0 Å². The third-order valence-electron chi connectivity index (χ3n) is 2.26. The predicted molar refractivity (Wildman–Crippen MR) is 59.4 cm³/mol. The van der Waals surface area contributed by atoms with Crippen LogP contribution in [0.15, 0.2) is 0 Å². The van der Waals surface area contributed by atoms with Crippen molar-refractivity contribution < 1.29 is 19.4 Å². The highest BCUT2D eigenvalue weighted by atomic mass is 16.5.